The SMILES string of the molecule is CC[C@H](C(=O)NCc1ccccc1C)n1nc(C)c2nn(-c3ccccc3)c(C)c2c1=O. The van der Waals surface area contributed by atoms with E-state index in [0.717, 1.165) is 22.5 Å². The number of aromatic nitrogens is 4. The van der Waals surface area contributed by atoms with E-state index in [2.05, 4.69) is 15.5 Å². The van der Waals surface area contributed by atoms with Crippen molar-refractivity contribution in [3.05, 3.63) is 87.5 Å². The van der Waals surface area contributed by atoms with Crippen LogP contribution in [-0.4, -0.2) is 25.5 Å². The summed E-state index contributed by atoms with van der Waals surface area (Å²) < 4.78 is 3.07. The second-order valence-corrected chi connectivity index (χ2v) is 7.96. The normalized spacial score (nSPS) is 12.1. The number of benzene rings is 2. The molecule has 7 heteroatoms. The van der Waals surface area contributed by atoms with Gasteiger partial charge in [-0.05, 0) is 50.5 Å². The molecular weight excluding hydrogens is 402 g/mol. The number of fused-ring (bicyclic) bond motifs is 1. The van der Waals surface area contributed by atoms with Crippen molar-refractivity contribution in [1.29, 1.82) is 0 Å². The minimum Gasteiger partial charge on any atom is -0.350 e. The number of hydrogen-bond acceptors (Lipinski definition) is 4. The van der Waals surface area contributed by atoms with Gasteiger partial charge in [-0.15, -0.1) is 0 Å². The van der Waals surface area contributed by atoms with Crippen molar-refractivity contribution in [2.45, 2.75) is 46.7 Å². The van der Waals surface area contributed by atoms with E-state index in [1.54, 1.807) is 4.68 Å². The first-order chi connectivity index (χ1) is 15.4. The Morgan fingerprint density at radius 1 is 1.00 bits per heavy atom. The first kappa shape index (κ1) is 21.5. The second kappa shape index (κ2) is 8.78. The van der Waals surface area contributed by atoms with E-state index in [-0.39, 0.29) is 11.5 Å². The maximum Gasteiger partial charge on any atom is 0.278 e. The average molecular weight is 430 g/mol. The number of aryl methyl sites for hydroxylation is 3. The van der Waals surface area contributed by atoms with Crippen LogP contribution in [0.25, 0.3) is 16.6 Å². The zero-order chi connectivity index (χ0) is 22.8. The maximum absolute atomic E-state index is 13.4. The Morgan fingerprint density at radius 2 is 1.69 bits per heavy atom. The first-order valence-electron chi connectivity index (χ1n) is 10.8. The van der Waals surface area contributed by atoms with Gasteiger partial charge in [-0.3, -0.25) is 9.59 Å². The minimum atomic E-state index is -0.700. The van der Waals surface area contributed by atoms with Gasteiger partial charge in [0.2, 0.25) is 5.91 Å². The molecular formula is C25H27N5O2. The summed E-state index contributed by atoms with van der Waals surface area (Å²) in [6, 6.07) is 16.9. The van der Waals surface area contributed by atoms with Gasteiger partial charge in [0.1, 0.15) is 11.6 Å². The summed E-state index contributed by atoms with van der Waals surface area (Å²) in [4.78, 5) is 26.5. The Hall–Kier alpha value is -3.74. The summed E-state index contributed by atoms with van der Waals surface area (Å²) >= 11 is 0. The van der Waals surface area contributed by atoms with E-state index in [9.17, 15) is 9.59 Å². The summed E-state index contributed by atoms with van der Waals surface area (Å²) in [7, 11) is 0. The van der Waals surface area contributed by atoms with E-state index in [0.29, 0.717) is 29.6 Å². The van der Waals surface area contributed by atoms with Crippen molar-refractivity contribution in [2.75, 3.05) is 0 Å². The third kappa shape index (κ3) is 3.82. The molecule has 7 nitrogen and oxygen atoms in total. The number of nitrogens with one attached hydrogen (secondary N) is 1. The van der Waals surface area contributed by atoms with Crippen LogP contribution >= 0.6 is 0 Å². The van der Waals surface area contributed by atoms with Gasteiger partial charge in [-0.25, -0.2) is 9.36 Å². The molecule has 0 spiro atoms. The standard InChI is InChI=1S/C25H27N5O2/c1-5-21(24(31)26-15-19-12-10-9-11-16(19)2)30-25(32)22-18(4)29(20-13-7-6-8-14-20)28-23(22)17(3)27-30/h6-14,21H,5,15H2,1-4H3,(H,26,31)/t21-/m1/s1. The quantitative estimate of drug-likeness (QED) is 0.506. The van der Waals surface area contributed by atoms with Crippen molar-refractivity contribution in [3.8, 4) is 5.69 Å². The molecule has 0 saturated carbocycles. The molecule has 0 aliphatic rings. The zero-order valence-electron chi connectivity index (χ0n) is 18.8. The fourth-order valence-electron chi connectivity index (χ4n) is 3.99. The molecule has 1 N–H and O–H groups in total. The van der Waals surface area contributed by atoms with Crippen LogP contribution in [0.15, 0.2) is 59.4 Å². The van der Waals surface area contributed by atoms with Gasteiger partial charge in [0, 0.05) is 6.54 Å². The van der Waals surface area contributed by atoms with Gasteiger partial charge in [0.05, 0.1) is 22.5 Å². The molecule has 2 heterocycles. The van der Waals surface area contributed by atoms with E-state index in [4.69, 9.17) is 0 Å². The molecule has 1 amide bonds. The third-order valence-electron chi connectivity index (χ3n) is 5.84. The van der Waals surface area contributed by atoms with Gasteiger partial charge >= 0.3 is 0 Å². The van der Waals surface area contributed by atoms with E-state index in [1.165, 1.54) is 4.68 Å². The fourth-order valence-corrected chi connectivity index (χ4v) is 3.99. The predicted molar refractivity (Wildman–Crippen MR) is 125 cm³/mol. The Balaban J connectivity index is 1.72. The largest absolute Gasteiger partial charge is 0.350 e. The van der Waals surface area contributed by atoms with Crippen LogP contribution in [0.3, 0.4) is 0 Å². The number of nitrogens with zero attached hydrogens (tertiary/aromatic N) is 4. The number of hydrogen-bond donors (Lipinski definition) is 1. The van der Waals surface area contributed by atoms with Crippen molar-refractivity contribution >= 4 is 16.8 Å². The van der Waals surface area contributed by atoms with Crippen LogP contribution in [0.5, 0.6) is 0 Å². The van der Waals surface area contributed by atoms with Crippen molar-refractivity contribution in [3.63, 3.8) is 0 Å². The van der Waals surface area contributed by atoms with Crippen LogP contribution in [-0.2, 0) is 11.3 Å². The van der Waals surface area contributed by atoms with E-state index in [1.807, 2.05) is 82.3 Å². The molecule has 0 aliphatic heterocycles. The number of para-hydroxylation sites is 1. The highest BCUT2D eigenvalue weighted by Crippen LogP contribution is 2.21. The topological polar surface area (TPSA) is 81.8 Å². The monoisotopic (exact) mass is 429 g/mol. The van der Waals surface area contributed by atoms with Gasteiger partial charge < -0.3 is 5.32 Å². The Bertz CT molecular complexity index is 1340. The van der Waals surface area contributed by atoms with Gasteiger partial charge in [-0.1, -0.05) is 49.4 Å². The highest BCUT2D eigenvalue weighted by molar-refractivity contribution is 5.84. The summed E-state index contributed by atoms with van der Waals surface area (Å²) in [5.74, 6) is -0.225. The van der Waals surface area contributed by atoms with Crippen molar-refractivity contribution in [1.82, 2.24) is 24.9 Å². The molecule has 2 aromatic heterocycles. The lowest BCUT2D eigenvalue weighted by Crippen LogP contribution is -2.38. The molecule has 0 aliphatic carbocycles. The molecule has 32 heavy (non-hydrogen) atoms. The van der Waals surface area contributed by atoms with Crippen LogP contribution < -0.4 is 10.9 Å². The second-order valence-electron chi connectivity index (χ2n) is 7.96. The number of carbonyl (C=O) groups is 1. The maximum atomic E-state index is 13.4. The summed E-state index contributed by atoms with van der Waals surface area (Å²) in [5.41, 5.74) is 4.62. The first-order valence-corrected chi connectivity index (χ1v) is 10.8. The van der Waals surface area contributed by atoms with Gasteiger partial charge in [-0.2, -0.15) is 10.2 Å². The fraction of sp³-hybridized carbons (Fsp3) is 0.280. The molecule has 1 atom stereocenters. The summed E-state index contributed by atoms with van der Waals surface area (Å²) in [6.45, 7) is 7.98. The molecule has 0 unspecified atom stereocenters. The molecule has 164 valence electrons. The number of carbonyl (C=O) groups excluding carboxylic acids is 1. The summed E-state index contributed by atoms with van der Waals surface area (Å²) in [6.07, 6.45) is 0.448. The molecule has 4 aromatic rings. The molecule has 4 rings (SSSR count). The molecule has 0 saturated heterocycles. The van der Waals surface area contributed by atoms with E-state index >= 15 is 0 Å². The minimum absolute atomic E-state index is 0.225. The van der Waals surface area contributed by atoms with Crippen LogP contribution in [0.2, 0.25) is 0 Å². The Morgan fingerprint density at radius 3 is 2.38 bits per heavy atom. The molecule has 0 radical (unpaired) electrons. The lowest BCUT2D eigenvalue weighted by Gasteiger charge is -2.18. The average Bonchev–Trinajstić information content (AvgIpc) is 3.15. The lowest BCUT2D eigenvalue weighted by atomic mass is 10.1. The number of rotatable bonds is 6. The van der Waals surface area contributed by atoms with Crippen LogP contribution in [0.4, 0.5) is 0 Å². The summed E-state index contributed by atoms with van der Waals surface area (Å²) in [5, 5.41) is 12.6. The van der Waals surface area contributed by atoms with Crippen LogP contribution in [0.1, 0.15) is 41.9 Å². The molecule has 0 fully saturated rings. The third-order valence-corrected chi connectivity index (χ3v) is 5.84. The molecule has 0 bridgehead atoms. The highest BCUT2D eigenvalue weighted by Gasteiger charge is 2.25. The van der Waals surface area contributed by atoms with Crippen molar-refractivity contribution < 1.29 is 4.79 Å². The van der Waals surface area contributed by atoms with Crippen LogP contribution in [0, 0.1) is 20.8 Å². The Kier molecular flexibility index (Phi) is 5.90. The molecule has 2 aromatic carbocycles. The number of amides is 1. The lowest BCUT2D eigenvalue weighted by molar-refractivity contribution is -0.125. The highest BCUT2D eigenvalue weighted by atomic mass is 16.2. The van der Waals surface area contributed by atoms with Gasteiger partial charge in [0.15, 0.2) is 0 Å². The van der Waals surface area contributed by atoms with Crippen molar-refractivity contribution in [2.24, 2.45) is 0 Å². The van der Waals surface area contributed by atoms with E-state index < -0.39 is 6.04 Å². The Labute approximate surface area is 186 Å². The van der Waals surface area contributed by atoms with Gasteiger partial charge in [0.25, 0.3) is 5.56 Å². The predicted octanol–water partition coefficient (Wildman–Crippen LogP) is 3.77. The zero-order valence-corrected chi connectivity index (χ0v) is 18.8. The smallest absolute Gasteiger partial charge is 0.278 e.